The van der Waals surface area contributed by atoms with Crippen LogP contribution in [-0.4, -0.2) is 53.3 Å². The molecule has 0 aromatic heterocycles. The number of aliphatic hydroxyl groups excluding tert-OH is 2. The van der Waals surface area contributed by atoms with Crippen molar-refractivity contribution in [2.45, 2.75) is 18.6 Å². The number of nitrogens with one attached hydrogen (secondary N) is 1. The minimum absolute atomic E-state index is 0.0116. The molecule has 0 saturated carbocycles. The van der Waals surface area contributed by atoms with Crippen molar-refractivity contribution in [1.29, 1.82) is 0 Å². The predicted octanol–water partition coefficient (Wildman–Crippen LogP) is 1.07. The first-order chi connectivity index (χ1) is 9.35. The van der Waals surface area contributed by atoms with Crippen LogP contribution in [0.15, 0.2) is 18.2 Å². The Morgan fingerprint density at radius 1 is 1.35 bits per heavy atom. The monoisotopic (exact) mass is 323 g/mol. The van der Waals surface area contributed by atoms with Crippen LogP contribution in [0.2, 0.25) is 10.0 Å². The smallest absolute Gasteiger partial charge is 0.156 e. The standard InChI is InChI=1S/C13H19Cl2NO4/c1-13(19,8-17)7-16-5-9(18)6-20-12-10(14)3-2-4-11(12)15/h2-4,9,16-19H,5-8H2,1H3. The van der Waals surface area contributed by atoms with E-state index in [4.69, 9.17) is 33.0 Å². The molecule has 0 aliphatic rings. The molecule has 4 N–H and O–H groups in total. The molecule has 0 aliphatic heterocycles. The maximum Gasteiger partial charge on any atom is 0.156 e. The molecule has 0 spiro atoms. The Morgan fingerprint density at radius 3 is 2.50 bits per heavy atom. The number of benzene rings is 1. The molecular formula is C13H19Cl2NO4. The van der Waals surface area contributed by atoms with Crippen LogP contribution in [0.1, 0.15) is 6.92 Å². The molecule has 7 heteroatoms. The summed E-state index contributed by atoms with van der Waals surface area (Å²) in [5.41, 5.74) is -1.22. The van der Waals surface area contributed by atoms with E-state index >= 15 is 0 Å². The Kier molecular flexibility index (Phi) is 7.02. The maximum absolute atomic E-state index is 9.74. The Balaban J connectivity index is 2.35. The summed E-state index contributed by atoms with van der Waals surface area (Å²) >= 11 is 11.9. The van der Waals surface area contributed by atoms with E-state index in [1.807, 2.05) is 0 Å². The van der Waals surface area contributed by atoms with Crippen LogP contribution in [0.25, 0.3) is 0 Å². The van der Waals surface area contributed by atoms with Crippen LogP contribution in [0.4, 0.5) is 0 Å². The van der Waals surface area contributed by atoms with Crippen LogP contribution in [0, 0.1) is 0 Å². The molecule has 0 heterocycles. The molecule has 0 bridgehead atoms. The highest BCUT2D eigenvalue weighted by Crippen LogP contribution is 2.32. The molecule has 0 amide bonds. The molecule has 1 rings (SSSR count). The van der Waals surface area contributed by atoms with E-state index < -0.39 is 11.7 Å². The average Bonchev–Trinajstić information content (AvgIpc) is 2.38. The first kappa shape index (κ1) is 17.5. The Morgan fingerprint density at radius 2 is 1.95 bits per heavy atom. The van der Waals surface area contributed by atoms with Gasteiger partial charge in [0.25, 0.3) is 0 Å². The molecule has 20 heavy (non-hydrogen) atoms. The lowest BCUT2D eigenvalue weighted by Gasteiger charge is -2.22. The van der Waals surface area contributed by atoms with Crippen molar-refractivity contribution in [2.24, 2.45) is 0 Å². The third kappa shape index (κ3) is 5.83. The summed E-state index contributed by atoms with van der Waals surface area (Å²) in [6.07, 6.45) is -0.795. The van der Waals surface area contributed by atoms with Gasteiger partial charge in [0.05, 0.1) is 22.3 Å². The molecule has 2 unspecified atom stereocenters. The molecule has 5 nitrogen and oxygen atoms in total. The SMILES string of the molecule is CC(O)(CO)CNCC(O)COc1c(Cl)cccc1Cl. The number of para-hydroxylation sites is 1. The number of ether oxygens (including phenoxy) is 1. The summed E-state index contributed by atoms with van der Waals surface area (Å²) in [6, 6.07) is 4.99. The second-order valence-corrected chi connectivity index (χ2v) is 5.62. The Hall–Kier alpha value is -0.560. The van der Waals surface area contributed by atoms with Crippen molar-refractivity contribution < 1.29 is 20.1 Å². The highest BCUT2D eigenvalue weighted by molar-refractivity contribution is 6.37. The fourth-order valence-corrected chi connectivity index (χ4v) is 1.93. The van der Waals surface area contributed by atoms with Gasteiger partial charge in [-0.05, 0) is 19.1 Å². The van der Waals surface area contributed by atoms with Crippen molar-refractivity contribution in [3.8, 4) is 5.75 Å². The summed E-state index contributed by atoms with van der Waals surface area (Å²) in [4.78, 5) is 0. The van der Waals surface area contributed by atoms with Crippen LogP contribution < -0.4 is 10.1 Å². The second kappa shape index (κ2) is 8.02. The van der Waals surface area contributed by atoms with E-state index in [-0.39, 0.29) is 26.3 Å². The topological polar surface area (TPSA) is 82.0 Å². The van der Waals surface area contributed by atoms with Crippen LogP contribution >= 0.6 is 23.2 Å². The van der Waals surface area contributed by atoms with Gasteiger partial charge in [-0.1, -0.05) is 29.3 Å². The average molecular weight is 324 g/mol. The molecule has 114 valence electrons. The van der Waals surface area contributed by atoms with Crippen molar-refractivity contribution in [3.63, 3.8) is 0 Å². The van der Waals surface area contributed by atoms with Crippen LogP contribution in [-0.2, 0) is 0 Å². The second-order valence-electron chi connectivity index (χ2n) is 4.80. The zero-order chi connectivity index (χ0) is 15.2. The molecule has 1 aromatic carbocycles. The Labute approximate surface area is 128 Å². The van der Waals surface area contributed by atoms with Gasteiger partial charge in [-0.15, -0.1) is 0 Å². The molecule has 0 fully saturated rings. The summed E-state index contributed by atoms with van der Waals surface area (Å²) in [5.74, 6) is 0.331. The van der Waals surface area contributed by atoms with E-state index in [1.54, 1.807) is 18.2 Å². The highest BCUT2D eigenvalue weighted by atomic mass is 35.5. The van der Waals surface area contributed by atoms with Gasteiger partial charge in [0.2, 0.25) is 0 Å². The third-order valence-electron chi connectivity index (χ3n) is 2.57. The highest BCUT2D eigenvalue weighted by Gasteiger charge is 2.19. The van der Waals surface area contributed by atoms with Gasteiger partial charge in [0, 0.05) is 13.1 Å². The molecule has 0 saturated heterocycles. The first-order valence-electron chi connectivity index (χ1n) is 6.14. The van der Waals surface area contributed by atoms with Crippen molar-refractivity contribution in [2.75, 3.05) is 26.3 Å². The van der Waals surface area contributed by atoms with Crippen molar-refractivity contribution in [3.05, 3.63) is 28.2 Å². The first-order valence-corrected chi connectivity index (χ1v) is 6.90. The van der Waals surface area contributed by atoms with Gasteiger partial charge in [-0.3, -0.25) is 0 Å². The van der Waals surface area contributed by atoms with Gasteiger partial charge in [0.1, 0.15) is 12.7 Å². The lowest BCUT2D eigenvalue weighted by molar-refractivity contribution is -0.000321. The molecule has 2 atom stereocenters. The third-order valence-corrected chi connectivity index (χ3v) is 3.16. The van der Waals surface area contributed by atoms with Crippen molar-refractivity contribution >= 4 is 23.2 Å². The fourth-order valence-electron chi connectivity index (χ4n) is 1.42. The number of rotatable bonds is 8. The summed E-state index contributed by atoms with van der Waals surface area (Å²) in [7, 11) is 0. The van der Waals surface area contributed by atoms with Crippen LogP contribution in [0.3, 0.4) is 0 Å². The lowest BCUT2D eigenvalue weighted by Crippen LogP contribution is -2.44. The van der Waals surface area contributed by atoms with E-state index in [9.17, 15) is 10.2 Å². The van der Waals surface area contributed by atoms with Crippen LogP contribution in [0.5, 0.6) is 5.75 Å². The van der Waals surface area contributed by atoms with Gasteiger partial charge < -0.3 is 25.4 Å². The number of halogens is 2. The van der Waals surface area contributed by atoms with Gasteiger partial charge in [-0.2, -0.15) is 0 Å². The normalized spacial score (nSPS) is 15.7. The summed E-state index contributed by atoms with van der Waals surface area (Å²) in [5, 5.41) is 31.8. The zero-order valence-electron chi connectivity index (χ0n) is 11.1. The van der Waals surface area contributed by atoms with E-state index in [0.717, 1.165) is 0 Å². The molecule has 0 radical (unpaired) electrons. The van der Waals surface area contributed by atoms with Gasteiger partial charge in [-0.25, -0.2) is 0 Å². The minimum Gasteiger partial charge on any atom is -0.488 e. The summed E-state index contributed by atoms with van der Waals surface area (Å²) in [6.45, 7) is 1.51. The largest absolute Gasteiger partial charge is 0.488 e. The molecule has 0 aliphatic carbocycles. The zero-order valence-corrected chi connectivity index (χ0v) is 12.7. The quantitative estimate of drug-likeness (QED) is 0.575. The lowest BCUT2D eigenvalue weighted by atomic mass is 10.1. The number of aliphatic hydroxyl groups is 3. The molecule has 1 aromatic rings. The van der Waals surface area contributed by atoms with E-state index in [1.165, 1.54) is 6.92 Å². The fraction of sp³-hybridized carbons (Fsp3) is 0.538. The summed E-state index contributed by atoms with van der Waals surface area (Å²) < 4.78 is 5.37. The Bertz CT molecular complexity index is 409. The molecular weight excluding hydrogens is 305 g/mol. The maximum atomic E-state index is 9.74. The van der Waals surface area contributed by atoms with E-state index in [2.05, 4.69) is 5.32 Å². The number of hydrogen-bond donors (Lipinski definition) is 4. The van der Waals surface area contributed by atoms with Gasteiger partial charge >= 0.3 is 0 Å². The van der Waals surface area contributed by atoms with Gasteiger partial charge in [0.15, 0.2) is 5.75 Å². The van der Waals surface area contributed by atoms with E-state index in [0.29, 0.717) is 15.8 Å². The predicted molar refractivity (Wildman–Crippen MR) is 78.5 cm³/mol. The number of hydrogen-bond acceptors (Lipinski definition) is 5. The van der Waals surface area contributed by atoms with Crippen molar-refractivity contribution in [1.82, 2.24) is 5.32 Å². The minimum atomic E-state index is -1.22.